The summed E-state index contributed by atoms with van der Waals surface area (Å²) in [6.45, 7) is 3.20. The first-order valence-electron chi connectivity index (χ1n) is 7.95. The number of carbonyl (C=O) groups excluding carboxylic acids is 3. The predicted molar refractivity (Wildman–Crippen MR) is 101 cm³/mol. The summed E-state index contributed by atoms with van der Waals surface area (Å²) < 4.78 is 0. The molecule has 5 nitrogen and oxygen atoms in total. The smallest absolute Gasteiger partial charge is 0.257 e. The van der Waals surface area contributed by atoms with Crippen molar-refractivity contribution in [3.8, 4) is 0 Å². The number of aryl methyl sites for hydroxylation is 1. The van der Waals surface area contributed by atoms with Gasteiger partial charge < -0.3 is 0 Å². The maximum atomic E-state index is 12.4. The molecule has 6 heteroatoms. The lowest BCUT2D eigenvalue weighted by Gasteiger charge is -2.04. The fourth-order valence-electron chi connectivity index (χ4n) is 2.47. The average molecular weight is 364 g/mol. The summed E-state index contributed by atoms with van der Waals surface area (Å²) in [5.41, 5.74) is 2.12. The maximum absolute atomic E-state index is 12.4. The summed E-state index contributed by atoms with van der Waals surface area (Å²) in [7, 11) is 0. The van der Waals surface area contributed by atoms with Gasteiger partial charge in [-0.1, -0.05) is 53.8 Å². The monoisotopic (exact) mass is 364 g/mol. The molecule has 26 heavy (non-hydrogen) atoms. The predicted octanol–water partition coefficient (Wildman–Crippen LogP) is 4.14. The molecule has 1 amide bonds. The van der Waals surface area contributed by atoms with E-state index in [0.29, 0.717) is 32.4 Å². The number of aromatic nitrogens is 1. The van der Waals surface area contributed by atoms with E-state index in [4.69, 9.17) is 0 Å². The van der Waals surface area contributed by atoms with Crippen LogP contribution in [0.25, 0.3) is 0 Å². The van der Waals surface area contributed by atoms with Crippen LogP contribution in [0.5, 0.6) is 0 Å². The number of amides is 1. The molecule has 3 rings (SSSR count). The van der Waals surface area contributed by atoms with Crippen LogP contribution in [0.3, 0.4) is 0 Å². The first-order valence-corrected chi connectivity index (χ1v) is 8.77. The molecule has 0 unspecified atom stereocenters. The Balaban J connectivity index is 1.74. The van der Waals surface area contributed by atoms with Crippen molar-refractivity contribution in [3.63, 3.8) is 0 Å². The number of nitrogens with one attached hydrogen (secondary N) is 1. The molecule has 0 spiro atoms. The van der Waals surface area contributed by atoms with E-state index in [0.717, 1.165) is 11.3 Å². The van der Waals surface area contributed by atoms with Crippen molar-refractivity contribution in [2.75, 3.05) is 5.32 Å². The zero-order valence-electron chi connectivity index (χ0n) is 14.3. The van der Waals surface area contributed by atoms with Crippen molar-refractivity contribution in [1.82, 2.24) is 4.98 Å². The molecular weight excluding hydrogens is 348 g/mol. The molecule has 0 aliphatic rings. The number of ketones is 2. The van der Waals surface area contributed by atoms with E-state index >= 15 is 0 Å². The zero-order valence-corrected chi connectivity index (χ0v) is 15.1. The number of rotatable bonds is 5. The molecule has 0 aliphatic heterocycles. The molecule has 0 bridgehead atoms. The maximum Gasteiger partial charge on any atom is 0.257 e. The lowest BCUT2D eigenvalue weighted by molar-refractivity contribution is 0.101. The van der Waals surface area contributed by atoms with Crippen molar-refractivity contribution < 1.29 is 14.4 Å². The summed E-state index contributed by atoms with van der Waals surface area (Å²) >= 11 is 1.15. The van der Waals surface area contributed by atoms with Gasteiger partial charge in [-0.05, 0) is 19.1 Å². The van der Waals surface area contributed by atoms with Gasteiger partial charge in [0.05, 0.1) is 10.6 Å². The Morgan fingerprint density at radius 3 is 2.04 bits per heavy atom. The largest absolute Gasteiger partial charge is 0.298 e. The minimum Gasteiger partial charge on any atom is -0.298 e. The lowest BCUT2D eigenvalue weighted by atomic mass is 10.0. The number of benzene rings is 2. The molecule has 0 radical (unpaired) electrons. The molecule has 0 atom stereocenters. The Morgan fingerprint density at radius 1 is 0.885 bits per heavy atom. The topological polar surface area (TPSA) is 76.1 Å². The van der Waals surface area contributed by atoms with Crippen LogP contribution in [0.15, 0.2) is 54.6 Å². The third-order valence-electron chi connectivity index (χ3n) is 3.78. The highest BCUT2D eigenvalue weighted by Gasteiger charge is 2.15. The van der Waals surface area contributed by atoms with Crippen LogP contribution >= 0.6 is 11.3 Å². The van der Waals surface area contributed by atoms with Gasteiger partial charge in [0.25, 0.3) is 5.91 Å². The molecule has 0 saturated carbocycles. The zero-order chi connectivity index (χ0) is 18.7. The standard InChI is InChI=1S/C20H16N2O3S/c1-12-18(13(2)23)26-20(21-12)22-19(25)16-10-8-15(9-11-16)17(24)14-6-4-3-5-7-14/h3-11H,1-2H3,(H,21,22,25). The minimum absolute atomic E-state index is 0.0794. The normalized spacial score (nSPS) is 10.4. The summed E-state index contributed by atoms with van der Waals surface area (Å²) in [6.07, 6.45) is 0. The van der Waals surface area contributed by atoms with E-state index in [1.165, 1.54) is 6.92 Å². The van der Waals surface area contributed by atoms with Gasteiger partial charge >= 0.3 is 0 Å². The second-order valence-electron chi connectivity index (χ2n) is 5.72. The van der Waals surface area contributed by atoms with Gasteiger partial charge in [-0.15, -0.1) is 0 Å². The highest BCUT2D eigenvalue weighted by Crippen LogP contribution is 2.23. The van der Waals surface area contributed by atoms with E-state index in [9.17, 15) is 14.4 Å². The fraction of sp³-hybridized carbons (Fsp3) is 0.100. The summed E-state index contributed by atoms with van der Waals surface area (Å²) in [6, 6.07) is 15.4. The number of hydrogen-bond donors (Lipinski definition) is 1. The number of hydrogen-bond acceptors (Lipinski definition) is 5. The Morgan fingerprint density at radius 2 is 1.46 bits per heavy atom. The van der Waals surface area contributed by atoms with Gasteiger partial charge in [-0.3, -0.25) is 19.7 Å². The van der Waals surface area contributed by atoms with Crippen LogP contribution in [0, 0.1) is 6.92 Å². The number of nitrogens with zero attached hydrogens (tertiary/aromatic N) is 1. The SMILES string of the molecule is CC(=O)c1sc(NC(=O)c2ccc(C(=O)c3ccccc3)cc2)nc1C. The lowest BCUT2D eigenvalue weighted by Crippen LogP contribution is -2.12. The van der Waals surface area contributed by atoms with E-state index in [1.807, 2.05) is 6.07 Å². The summed E-state index contributed by atoms with van der Waals surface area (Å²) in [5, 5.41) is 3.06. The molecular formula is C20H16N2O3S. The third-order valence-corrected chi connectivity index (χ3v) is 4.96. The number of thiazole rings is 1. The minimum atomic E-state index is -0.340. The van der Waals surface area contributed by atoms with Crippen molar-refractivity contribution in [2.24, 2.45) is 0 Å². The van der Waals surface area contributed by atoms with Crippen molar-refractivity contribution >= 4 is 33.9 Å². The van der Waals surface area contributed by atoms with Crippen molar-refractivity contribution in [1.29, 1.82) is 0 Å². The first-order chi connectivity index (χ1) is 12.5. The number of carbonyl (C=O) groups is 3. The van der Waals surface area contributed by atoms with Crippen LogP contribution in [0.4, 0.5) is 5.13 Å². The summed E-state index contributed by atoms with van der Waals surface area (Å²) in [5.74, 6) is -0.518. The second-order valence-corrected chi connectivity index (χ2v) is 6.72. The van der Waals surface area contributed by atoms with Crippen molar-refractivity contribution in [3.05, 3.63) is 81.9 Å². The van der Waals surface area contributed by atoms with E-state index < -0.39 is 0 Å². The van der Waals surface area contributed by atoms with Crippen LogP contribution in [0.2, 0.25) is 0 Å². The van der Waals surface area contributed by atoms with Crippen LogP contribution in [0.1, 0.15) is 48.6 Å². The Labute approximate surface area is 154 Å². The van der Waals surface area contributed by atoms with E-state index in [-0.39, 0.29) is 17.5 Å². The van der Waals surface area contributed by atoms with Crippen LogP contribution < -0.4 is 5.32 Å². The average Bonchev–Trinajstić information content (AvgIpc) is 3.02. The quantitative estimate of drug-likeness (QED) is 0.691. The fourth-order valence-corrected chi connectivity index (χ4v) is 3.33. The Hall–Kier alpha value is -3.12. The third kappa shape index (κ3) is 3.75. The van der Waals surface area contributed by atoms with Gasteiger partial charge in [-0.25, -0.2) is 4.98 Å². The van der Waals surface area contributed by atoms with Crippen molar-refractivity contribution in [2.45, 2.75) is 13.8 Å². The number of anilines is 1. The molecule has 130 valence electrons. The second kappa shape index (κ2) is 7.41. The molecule has 2 aromatic carbocycles. The van der Waals surface area contributed by atoms with Gasteiger partial charge in [0.1, 0.15) is 0 Å². The van der Waals surface area contributed by atoms with Crippen LogP contribution in [-0.4, -0.2) is 22.5 Å². The van der Waals surface area contributed by atoms with E-state index in [1.54, 1.807) is 55.5 Å². The molecule has 1 N–H and O–H groups in total. The van der Waals surface area contributed by atoms with Gasteiger partial charge in [0.15, 0.2) is 16.7 Å². The van der Waals surface area contributed by atoms with Gasteiger partial charge in [0, 0.05) is 23.6 Å². The molecule has 3 aromatic rings. The number of Topliss-reactive ketones (excluding diaryl/α,β-unsaturated/α-hetero) is 1. The summed E-state index contributed by atoms with van der Waals surface area (Å²) in [4.78, 5) is 40.9. The first kappa shape index (κ1) is 17.7. The molecule has 1 heterocycles. The Bertz CT molecular complexity index is 976. The highest BCUT2D eigenvalue weighted by atomic mass is 32.1. The molecule has 0 fully saturated rings. The van der Waals surface area contributed by atoms with Gasteiger partial charge in [0.2, 0.25) is 0 Å². The van der Waals surface area contributed by atoms with E-state index in [2.05, 4.69) is 10.3 Å². The van der Waals surface area contributed by atoms with Gasteiger partial charge in [-0.2, -0.15) is 0 Å². The Kier molecular flexibility index (Phi) is 5.04. The van der Waals surface area contributed by atoms with Crippen LogP contribution in [-0.2, 0) is 0 Å². The molecule has 0 aliphatic carbocycles. The molecule has 1 aromatic heterocycles. The highest BCUT2D eigenvalue weighted by molar-refractivity contribution is 7.17. The molecule has 0 saturated heterocycles.